The van der Waals surface area contributed by atoms with E-state index in [1.165, 1.54) is 12.8 Å². The van der Waals surface area contributed by atoms with Crippen LogP contribution >= 0.6 is 0 Å². The SMILES string of the molecule is CCC([O])C1=CCCCC1. The van der Waals surface area contributed by atoms with E-state index in [4.69, 9.17) is 0 Å². The summed E-state index contributed by atoms with van der Waals surface area (Å²) in [5, 5.41) is 11.2. The van der Waals surface area contributed by atoms with Crippen molar-refractivity contribution in [2.45, 2.75) is 45.1 Å². The molecular formula is C9H15O. The fourth-order valence-corrected chi connectivity index (χ4v) is 1.42. The Kier molecular flexibility index (Phi) is 2.94. The molecule has 0 fully saturated rings. The normalized spacial score (nSPS) is 22.0. The third-order valence-electron chi connectivity index (χ3n) is 2.11. The van der Waals surface area contributed by atoms with E-state index in [1.54, 1.807) is 0 Å². The van der Waals surface area contributed by atoms with Gasteiger partial charge in [0.25, 0.3) is 0 Å². The maximum Gasteiger partial charge on any atom is 0.114 e. The second-order valence-corrected chi connectivity index (χ2v) is 2.92. The standard InChI is InChI=1S/C9H15O/c1-2-9(10)8-6-4-3-5-7-8/h6,9H,2-5,7H2,1H3. The Hall–Kier alpha value is -0.300. The second-order valence-electron chi connectivity index (χ2n) is 2.92. The molecule has 0 heterocycles. The van der Waals surface area contributed by atoms with Crippen molar-refractivity contribution >= 4 is 0 Å². The summed E-state index contributed by atoms with van der Waals surface area (Å²) in [6, 6.07) is 0. The fraction of sp³-hybridized carbons (Fsp3) is 0.778. The Morgan fingerprint density at radius 1 is 1.60 bits per heavy atom. The monoisotopic (exact) mass is 139 g/mol. The summed E-state index contributed by atoms with van der Waals surface area (Å²) in [6.45, 7) is 1.97. The molecule has 0 saturated carbocycles. The van der Waals surface area contributed by atoms with Gasteiger partial charge in [0, 0.05) is 0 Å². The highest BCUT2D eigenvalue weighted by Gasteiger charge is 2.11. The quantitative estimate of drug-likeness (QED) is 0.524. The second kappa shape index (κ2) is 3.77. The molecule has 0 saturated heterocycles. The molecule has 10 heavy (non-hydrogen) atoms. The van der Waals surface area contributed by atoms with Crippen molar-refractivity contribution < 1.29 is 5.11 Å². The van der Waals surface area contributed by atoms with E-state index < -0.39 is 6.10 Å². The molecule has 0 bridgehead atoms. The Morgan fingerprint density at radius 2 is 2.40 bits per heavy atom. The first-order valence-corrected chi connectivity index (χ1v) is 4.19. The van der Waals surface area contributed by atoms with E-state index in [0.29, 0.717) is 0 Å². The lowest BCUT2D eigenvalue weighted by molar-refractivity contribution is 0.112. The average molecular weight is 139 g/mol. The zero-order valence-electron chi connectivity index (χ0n) is 6.60. The highest BCUT2D eigenvalue weighted by molar-refractivity contribution is 5.09. The molecular weight excluding hydrogens is 124 g/mol. The smallest absolute Gasteiger partial charge is 0.114 e. The highest BCUT2D eigenvalue weighted by Crippen LogP contribution is 2.21. The minimum Gasteiger partial charge on any atom is -0.228 e. The van der Waals surface area contributed by atoms with Crippen LogP contribution in [-0.2, 0) is 5.11 Å². The maximum absolute atomic E-state index is 11.2. The van der Waals surface area contributed by atoms with Crippen molar-refractivity contribution in [3.05, 3.63) is 11.6 Å². The molecule has 1 aliphatic carbocycles. The van der Waals surface area contributed by atoms with E-state index >= 15 is 0 Å². The molecule has 1 rings (SSSR count). The van der Waals surface area contributed by atoms with Crippen LogP contribution in [0.4, 0.5) is 0 Å². The number of hydrogen-bond donors (Lipinski definition) is 0. The van der Waals surface area contributed by atoms with Crippen LogP contribution in [0.1, 0.15) is 39.0 Å². The lowest BCUT2D eigenvalue weighted by Gasteiger charge is -2.14. The Balaban J connectivity index is 2.44. The summed E-state index contributed by atoms with van der Waals surface area (Å²) in [5.41, 5.74) is 1.16. The van der Waals surface area contributed by atoms with Gasteiger partial charge in [-0.3, -0.25) is 0 Å². The average Bonchev–Trinajstić information content (AvgIpc) is 2.05. The summed E-state index contributed by atoms with van der Waals surface area (Å²) < 4.78 is 0. The third kappa shape index (κ3) is 1.84. The molecule has 1 nitrogen and oxygen atoms in total. The predicted octanol–water partition coefficient (Wildman–Crippen LogP) is 2.70. The fourth-order valence-electron chi connectivity index (χ4n) is 1.42. The summed E-state index contributed by atoms with van der Waals surface area (Å²) >= 11 is 0. The number of allylic oxidation sites excluding steroid dienone is 1. The number of rotatable bonds is 2. The minimum atomic E-state index is -0.403. The van der Waals surface area contributed by atoms with Crippen LogP contribution in [-0.4, -0.2) is 6.10 Å². The van der Waals surface area contributed by atoms with E-state index in [9.17, 15) is 5.11 Å². The molecule has 1 unspecified atom stereocenters. The van der Waals surface area contributed by atoms with Gasteiger partial charge in [-0.2, -0.15) is 0 Å². The first-order valence-electron chi connectivity index (χ1n) is 4.19. The zero-order chi connectivity index (χ0) is 7.40. The lowest BCUT2D eigenvalue weighted by Crippen LogP contribution is -2.08. The van der Waals surface area contributed by atoms with Gasteiger partial charge in [-0.25, -0.2) is 5.11 Å². The Labute approximate surface area is 62.8 Å². The molecule has 0 spiro atoms. The minimum absolute atomic E-state index is 0.403. The number of hydrogen-bond acceptors (Lipinski definition) is 0. The van der Waals surface area contributed by atoms with Crippen LogP contribution in [0.3, 0.4) is 0 Å². The molecule has 1 aliphatic rings. The summed E-state index contributed by atoms with van der Waals surface area (Å²) in [5.74, 6) is 0. The van der Waals surface area contributed by atoms with Gasteiger partial charge >= 0.3 is 0 Å². The molecule has 0 amide bonds. The van der Waals surface area contributed by atoms with E-state index in [-0.39, 0.29) is 0 Å². The van der Waals surface area contributed by atoms with Gasteiger partial charge in [0.1, 0.15) is 6.10 Å². The topological polar surface area (TPSA) is 19.9 Å². The van der Waals surface area contributed by atoms with E-state index in [0.717, 1.165) is 24.8 Å². The first kappa shape index (κ1) is 7.80. The predicted molar refractivity (Wildman–Crippen MR) is 41.3 cm³/mol. The molecule has 0 N–H and O–H groups in total. The molecule has 1 heteroatoms. The largest absolute Gasteiger partial charge is 0.228 e. The van der Waals surface area contributed by atoms with E-state index in [1.807, 2.05) is 6.92 Å². The summed E-state index contributed by atoms with van der Waals surface area (Å²) in [4.78, 5) is 0. The zero-order valence-corrected chi connectivity index (χ0v) is 6.60. The molecule has 0 aromatic heterocycles. The van der Waals surface area contributed by atoms with Crippen LogP contribution < -0.4 is 0 Å². The Morgan fingerprint density at radius 3 is 2.90 bits per heavy atom. The molecule has 0 aliphatic heterocycles. The van der Waals surface area contributed by atoms with E-state index in [2.05, 4.69) is 6.08 Å². The lowest BCUT2D eigenvalue weighted by atomic mass is 9.94. The maximum atomic E-state index is 11.2. The molecule has 0 aromatic rings. The van der Waals surface area contributed by atoms with Crippen LogP contribution in [0.5, 0.6) is 0 Å². The highest BCUT2D eigenvalue weighted by atomic mass is 16.3. The van der Waals surface area contributed by atoms with Crippen LogP contribution in [0, 0.1) is 0 Å². The van der Waals surface area contributed by atoms with Gasteiger partial charge < -0.3 is 0 Å². The molecule has 0 aromatic carbocycles. The van der Waals surface area contributed by atoms with Crippen LogP contribution in [0.25, 0.3) is 0 Å². The summed E-state index contributed by atoms with van der Waals surface area (Å²) in [6.07, 6.45) is 7.19. The van der Waals surface area contributed by atoms with Gasteiger partial charge in [-0.05, 0) is 37.7 Å². The van der Waals surface area contributed by atoms with Crippen molar-refractivity contribution in [2.24, 2.45) is 0 Å². The van der Waals surface area contributed by atoms with Crippen molar-refractivity contribution in [1.82, 2.24) is 0 Å². The van der Waals surface area contributed by atoms with Gasteiger partial charge in [0.2, 0.25) is 0 Å². The summed E-state index contributed by atoms with van der Waals surface area (Å²) in [7, 11) is 0. The van der Waals surface area contributed by atoms with Gasteiger partial charge in [0.15, 0.2) is 0 Å². The van der Waals surface area contributed by atoms with Crippen molar-refractivity contribution in [2.75, 3.05) is 0 Å². The molecule has 1 radical (unpaired) electrons. The third-order valence-corrected chi connectivity index (χ3v) is 2.11. The van der Waals surface area contributed by atoms with Crippen LogP contribution in [0.2, 0.25) is 0 Å². The molecule has 1 atom stereocenters. The van der Waals surface area contributed by atoms with Gasteiger partial charge in [-0.15, -0.1) is 0 Å². The molecule has 57 valence electrons. The van der Waals surface area contributed by atoms with Crippen LogP contribution in [0.15, 0.2) is 11.6 Å². The van der Waals surface area contributed by atoms with Crippen molar-refractivity contribution in [3.8, 4) is 0 Å². The van der Waals surface area contributed by atoms with Gasteiger partial charge in [0.05, 0.1) is 0 Å². The van der Waals surface area contributed by atoms with Gasteiger partial charge in [-0.1, -0.05) is 13.0 Å². The Bertz CT molecular complexity index is 127. The van der Waals surface area contributed by atoms with Crippen molar-refractivity contribution in [3.63, 3.8) is 0 Å². The van der Waals surface area contributed by atoms with Crippen molar-refractivity contribution in [1.29, 1.82) is 0 Å². The first-order chi connectivity index (χ1) is 4.84.